The van der Waals surface area contributed by atoms with E-state index in [1.807, 2.05) is 25.6 Å². The SMILES string of the molecule is CCNC(=NCc1ccc(OCC(F)(F)F)cc1)NC(C)Cc1c(C)nn(C)c1C. The molecule has 166 valence electrons. The first-order valence-electron chi connectivity index (χ1n) is 9.91. The van der Waals surface area contributed by atoms with E-state index in [9.17, 15) is 13.2 Å². The highest BCUT2D eigenvalue weighted by molar-refractivity contribution is 5.80. The molecule has 0 spiro atoms. The molecule has 2 rings (SSSR count). The number of rotatable bonds is 8. The largest absolute Gasteiger partial charge is 0.484 e. The third-order valence-electron chi connectivity index (χ3n) is 4.64. The van der Waals surface area contributed by atoms with E-state index in [1.165, 1.54) is 17.7 Å². The van der Waals surface area contributed by atoms with Crippen molar-refractivity contribution in [2.75, 3.05) is 13.2 Å². The van der Waals surface area contributed by atoms with Gasteiger partial charge in [-0.1, -0.05) is 12.1 Å². The molecule has 9 heteroatoms. The summed E-state index contributed by atoms with van der Waals surface area (Å²) in [6.07, 6.45) is -3.53. The summed E-state index contributed by atoms with van der Waals surface area (Å²) in [6, 6.07) is 6.61. The van der Waals surface area contributed by atoms with Gasteiger partial charge in [-0.05, 0) is 57.4 Å². The molecule has 2 aromatic rings. The smallest absolute Gasteiger partial charge is 0.422 e. The van der Waals surface area contributed by atoms with E-state index in [-0.39, 0.29) is 11.8 Å². The van der Waals surface area contributed by atoms with Crippen LogP contribution in [-0.2, 0) is 20.0 Å². The van der Waals surface area contributed by atoms with Crippen LogP contribution in [0.2, 0.25) is 0 Å². The highest BCUT2D eigenvalue weighted by Crippen LogP contribution is 2.19. The number of halogens is 3. The third kappa shape index (κ3) is 7.27. The maximum absolute atomic E-state index is 12.2. The van der Waals surface area contributed by atoms with Crippen LogP contribution in [-0.4, -0.2) is 41.1 Å². The van der Waals surface area contributed by atoms with Gasteiger partial charge in [0, 0.05) is 25.3 Å². The molecule has 0 saturated carbocycles. The Morgan fingerprint density at radius 3 is 2.43 bits per heavy atom. The molecule has 1 aromatic carbocycles. The van der Waals surface area contributed by atoms with Gasteiger partial charge in [0.2, 0.25) is 0 Å². The van der Waals surface area contributed by atoms with Gasteiger partial charge in [0.15, 0.2) is 12.6 Å². The van der Waals surface area contributed by atoms with Crippen molar-refractivity contribution in [2.45, 2.75) is 52.9 Å². The van der Waals surface area contributed by atoms with Crippen molar-refractivity contribution in [3.05, 3.63) is 46.8 Å². The molecule has 0 bridgehead atoms. The molecule has 2 N–H and O–H groups in total. The molecule has 0 aliphatic heterocycles. The summed E-state index contributed by atoms with van der Waals surface area (Å²) in [5, 5.41) is 11.1. The van der Waals surface area contributed by atoms with Gasteiger partial charge in [0.05, 0.1) is 12.2 Å². The highest BCUT2D eigenvalue weighted by Gasteiger charge is 2.28. The molecule has 30 heavy (non-hydrogen) atoms. The van der Waals surface area contributed by atoms with Crippen LogP contribution in [0.3, 0.4) is 0 Å². The van der Waals surface area contributed by atoms with E-state index in [1.54, 1.807) is 12.1 Å². The summed E-state index contributed by atoms with van der Waals surface area (Å²) < 4.78 is 43.3. The van der Waals surface area contributed by atoms with E-state index in [2.05, 4.69) is 34.6 Å². The fourth-order valence-corrected chi connectivity index (χ4v) is 3.05. The first-order chi connectivity index (χ1) is 14.1. The van der Waals surface area contributed by atoms with Crippen LogP contribution in [0.15, 0.2) is 29.3 Å². The summed E-state index contributed by atoms with van der Waals surface area (Å²) in [5.41, 5.74) is 4.27. The van der Waals surface area contributed by atoms with Gasteiger partial charge >= 0.3 is 6.18 Å². The fourth-order valence-electron chi connectivity index (χ4n) is 3.05. The maximum Gasteiger partial charge on any atom is 0.422 e. The predicted molar refractivity (Wildman–Crippen MR) is 112 cm³/mol. The van der Waals surface area contributed by atoms with Crippen molar-refractivity contribution >= 4 is 5.96 Å². The molecule has 0 saturated heterocycles. The van der Waals surface area contributed by atoms with Crippen LogP contribution >= 0.6 is 0 Å². The number of aliphatic imine (C=N–C) groups is 1. The van der Waals surface area contributed by atoms with Crippen molar-refractivity contribution in [2.24, 2.45) is 12.0 Å². The summed E-state index contributed by atoms with van der Waals surface area (Å²) in [5.74, 6) is 0.863. The maximum atomic E-state index is 12.2. The van der Waals surface area contributed by atoms with Crippen LogP contribution in [0.25, 0.3) is 0 Å². The number of aromatic nitrogens is 2. The predicted octanol–water partition coefficient (Wildman–Crippen LogP) is 3.66. The second kappa shape index (κ2) is 10.4. The van der Waals surface area contributed by atoms with Crippen LogP contribution in [0.4, 0.5) is 13.2 Å². The van der Waals surface area contributed by atoms with Crippen molar-refractivity contribution in [1.29, 1.82) is 0 Å². The minimum Gasteiger partial charge on any atom is -0.484 e. The molecule has 0 aliphatic rings. The Morgan fingerprint density at radius 1 is 1.23 bits per heavy atom. The number of guanidine groups is 1. The molecule has 1 heterocycles. The van der Waals surface area contributed by atoms with E-state index in [0.717, 1.165) is 23.4 Å². The zero-order valence-corrected chi connectivity index (χ0v) is 18.1. The van der Waals surface area contributed by atoms with E-state index < -0.39 is 12.8 Å². The van der Waals surface area contributed by atoms with Crippen LogP contribution < -0.4 is 15.4 Å². The second-order valence-electron chi connectivity index (χ2n) is 7.27. The van der Waals surface area contributed by atoms with Crippen molar-refractivity contribution in [1.82, 2.24) is 20.4 Å². The standard InChI is InChI=1S/C21H30F3N5O/c1-6-25-20(27-14(2)11-19-15(3)28-29(5)16(19)4)26-12-17-7-9-18(10-8-17)30-13-21(22,23)24/h7-10,14H,6,11-13H2,1-5H3,(H2,25,26,27). The lowest BCUT2D eigenvalue weighted by Crippen LogP contribution is -2.43. The highest BCUT2D eigenvalue weighted by atomic mass is 19.4. The Labute approximate surface area is 175 Å². The Hall–Kier alpha value is -2.71. The van der Waals surface area contributed by atoms with Gasteiger partial charge in [-0.15, -0.1) is 0 Å². The molecule has 1 aromatic heterocycles. The van der Waals surface area contributed by atoms with Gasteiger partial charge in [-0.3, -0.25) is 4.68 Å². The Kier molecular flexibility index (Phi) is 8.14. The number of nitrogens with zero attached hydrogens (tertiary/aromatic N) is 3. The number of ether oxygens (including phenoxy) is 1. The van der Waals surface area contributed by atoms with Gasteiger partial charge < -0.3 is 15.4 Å². The average molecular weight is 425 g/mol. The molecule has 0 amide bonds. The van der Waals surface area contributed by atoms with Crippen LogP contribution in [0, 0.1) is 13.8 Å². The molecule has 0 aliphatic carbocycles. The first kappa shape index (κ1) is 23.6. The molecule has 0 fully saturated rings. The zero-order chi connectivity index (χ0) is 22.3. The number of nitrogens with one attached hydrogen (secondary N) is 2. The minimum absolute atomic E-state index is 0.141. The minimum atomic E-state index is -4.35. The summed E-state index contributed by atoms with van der Waals surface area (Å²) in [4.78, 5) is 4.58. The molecule has 6 nitrogen and oxygen atoms in total. The lowest BCUT2D eigenvalue weighted by molar-refractivity contribution is -0.153. The molecule has 0 radical (unpaired) electrons. The molecular formula is C21H30F3N5O. The van der Waals surface area contributed by atoms with Crippen molar-refractivity contribution in [3.8, 4) is 5.75 Å². The third-order valence-corrected chi connectivity index (χ3v) is 4.64. The Bertz CT molecular complexity index is 844. The van der Waals surface area contributed by atoms with E-state index in [4.69, 9.17) is 4.74 Å². The van der Waals surface area contributed by atoms with Gasteiger partial charge in [-0.25, -0.2) is 4.99 Å². The van der Waals surface area contributed by atoms with Crippen LogP contribution in [0.5, 0.6) is 5.75 Å². The number of hydrogen-bond donors (Lipinski definition) is 2. The topological polar surface area (TPSA) is 63.5 Å². The lowest BCUT2D eigenvalue weighted by atomic mass is 10.1. The van der Waals surface area contributed by atoms with Crippen molar-refractivity contribution in [3.63, 3.8) is 0 Å². The molecule has 1 atom stereocenters. The fraction of sp³-hybridized carbons (Fsp3) is 0.524. The van der Waals surface area contributed by atoms with Gasteiger partial charge in [-0.2, -0.15) is 18.3 Å². The van der Waals surface area contributed by atoms with Gasteiger partial charge in [0.25, 0.3) is 0 Å². The number of aryl methyl sites for hydroxylation is 2. The average Bonchev–Trinajstić information content (AvgIpc) is 2.91. The zero-order valence-electron chi connectivity index (χ0n) is 18.1. The van der Waals surface area contributed by atoms with Gasteiger partial charge in [0.1, 0.15) is 5.75 Å². The Morgan fingerprint density at radius 2 is 1.90 bits per heavy atom. The number of alkyl halides is 3. The monoisotopic (exact) mass is 425 g/mol. The molecular weight excluding hydrogens is 395 g/mol. The van der Waals surface area contributed by atoms with E-state index >= 15 is 0 Å². The summed E-state index contributed by atoms with van der Waals surface area (Å²) >= 11 is 0. The lowest BCUT2D eigenvalue weighted by Gasteiger charge is -2.18. The molecule has 1 unspecified atom stereocenters. The second-order valence-corrected chi connectivity index (χ2v) is 7.27. The number of hydrogen-bond acceptors (Lipinski definition) is 3. The normalized spacial score (nSPS) is 13.3. The Balaban J connectivity index is 1.96. The van der Waals surface area contributed by atoms with Crippen LogP contribution in [0.1, 0.15) is 36.4 Å². The van der Waals surface area contributed by atoms with E-state index in [0.29, 0.717) is 19.0 Å². The first-order valence-corrected chi connectivity index (χ1v) is 9.91. The van der Waals surface area contributed by atoms with Crippen molar-refractivity contribution < 1.29 is 17.9 Å². The number of benzene rings is 1. The summed E-state index contributed by atoms with van der Waals surface area (Å²) in [6.45, 7) is 7.96. The quantitative estimate of drug-likeness (QED) is 0.501. The summed E-state index contributed by atoms with van der Waals surface area (Å²) in [7, 11) is 1.94.